The molecule has 1 aliphatic carbocycles. The number of anilines is 3. The normalized spacial score (nSPS) is 16.9. The maximum atomic E-state index is 9.30. The van der Waals surface area contributed by atoms with Crippen LogP contribution in [0.2, 0.25) is 0 Å². The molecular formula is C29H36N8O. The number of nitrogens with two attached hydrogens (primary N) is 1. The molecule has 3 heterocycles. The Labute approximate surface area is 223 Å². The summed E-state index contributed by atoms with van der Waals surface area (Å²) in [6.45, 7) is 5.01. The summed E-state index contributed by atoms with van der Waals surface area (Å²) in [5.41, 5.74) is 12.0. The van der Waals surface area contributed by atoms with Gasteiger partial charge in [0.1, 0.15) is 0 Å². The number of rotatable bonds is 8. The molecule has 0 bridgehead atoms. The van der Waals surface area contributed by atoms with Crippen LogP contribution in [-0.2, 0) is 6.54 Å². The first-order valence-corrected chi connectivity index (χ1v) is 13.7. The molecule has 1 saturated carbocycles. The number of hydrogen-bond donors (Lipinski definition) is 3. The van der Waals surface area contributed by atoms with Gasteiger partial charge in [-0.3, -0.25) is 4.90 Å². The Morgan fingerprint density at radius 2 is 1.71 bits per heavy atom. The topological polar surface area (TPSA) is 108 Å². The molecule has 1 aliphatic heterocycles. The average Bonchev–Trinajstić information content (AvgIpc) is 3.63. The number of para-hydroxylation sites is 1. The first kappa shape index (κ1) is 24.6. The predicted octanol–water partition coefficient (Wildman–Crippen LogP) is 3.92. The van der Waals surface area contributed by atoms with Crippen LogP contribution in [0.15, 0.2) is 54.9 Å². The van der Waals surface area contributed by atoms with Crippen molar-refractivity contribution in [3.8, 4) is 11.1 Å². The Morgan fingerprint density at radius 3 is 2.45 bits per heavy atom. The van der Waals surface area contributed by atoms with Gasteiger partial charge in [0.05, 0.1) is 12.9 Å². The van der Waals surface area contributed by atoms with Gasteiger partial charge in [-0.25, -0.2) is 4.98 Å². The molecule has 4 aromatic rings. The van der Waals surface area contributed by atoms with Crippen molar-refractivity contribution < 1.29 is 5.11 Å². The maximum Gasteiger partial charge on any atom is 0.229 e. The molecule has 38 heavy (non-hydrogen) atoms. The number of imidazole rings is 1. The van der Waals surface area contributed by atoms with Crippen LogP contribution in [-0.4, -0.2) is 68.9 Å². The van der Waals surface area contributed by atoms with Gasteiger partial charge >= 0.3 is 0 Å². The van der Waals surface area contributed by atoms with Crippen LogP contribution in [0.4, 0.5) is 17.5 Å². The van der Waals surface area contributed by atoms with Crippen LogP contribution in [0, 0.1) is 0 Å². The lowest BCUT2D eigenvalue weighted by molar-refractivity contribution is 0.188. The molecule has 2 aliphatic rings. The number of piperazine rings is 1. The number of fused-ring (bicyclic) bond motifs is 1. The molecule has 4 N–H and O–H groups in total. The molecule has 1 saturated heterocycles. The van der Waals surface area contributed by atoms with Gasteiger partial charge < -0.3 is 25.6 Å². The van der Waals surface area contributed by atoms with Crippen molar-refractivity contribution in [3.05, 3.63) is 60.4 Å². The Bertz CT molecular complexity index is 1370. The van der Waals surface area contributed by atoms with Crippen LogP contribution in [0.1, 0.15) is 37.3 Å². The number of aliphatic hydroxyl groups is 1. The van der Waals surface area contributed by atoms with E-state index >= 15 is 0 Å². The van der Waals surface area contributed by atoms with Gasteiger partial charge in [-0.15, -0.1) is 0 Å². The van der Waals surface area contributed by atoms with E-state index in [1.165, 1.54) is 25.7 Å². The summed E-state index contributed by atoms with van der Waals surface area (Å²) in [7, 11) is 0. The molecule has 0 radical (unpaired) electrons. The van der Waals surface area contributed by atoms with Gasteiger partial charge in [0.2, 0.25) is 5.95 Å². The number of nitrogen functional groups attached to an aromatic ring is 1. The molecule has 9 heteroatoms. The summed E-state index contributed by atoms with van der Waals surface area (Å²) in [5, 5.41) is 12.9. The molecular weight excluding hydrogens is 476 g/mol. The van der Waals surface area contributed by atoms with E-state index in [1.807, 2.05) is 30.6 Å². The highest BCUT2D eigenvalue weighted by Gasteiger charge is 2.24. The predicted molar refractivity (Wildman–Crippen MR) is 152 cm³/mol. The highest BCUT2D eigenvalue weighted by molar-refractivity contribution is 5.84. The fourth-order valence-electron chi connectivity index (χ4n) is 5.68. The second-order valence-corrected chi connectivity index (χ2v) is 10.3. The summed E-state index contributed by atoms with van der Waals surface area (Å²) in [4.78, 5) is 19.3. The lowest BCUT2D eigenvalue weighted by atomic mass is 10.0. The van der Waals surface area contributed by atoms with E-state index in [-0.39, 0.29) is 6.61 Å². The molecule has 2 aromatic heterocycles. The SMILES string of the molecule is Nc1ccccc1-c1ccc(CNc2nc(N3CCN(CCO)CC3)nc3c2ncn3C2CCCC2)cc1. The molecule has 0 spiro atoms. The third-order valence-corrected chi connectivity index (χ3v) is 7.88. The van der Waals surface area contributed by atoms with Crippen LogP contribution >= 0.6 is 0 Å². The van der Waals surface area contributed by atoms with Crippen molar-refractivity contribution in [2.45, 2.75) is 38.3 Å². The average molecular weight is 513 g/mol. The van der Waals surface area contributed by atoms with Gasteiger partial charge in [-0.1, -0.05) is 55.3 Å². The zero-order valence-electron chi connectivity index (χ0n) is 21.8. The molecule has 198 valence electrons. The summed E-state index contributed by atoms with van der Waals surface area (Å²) in [6.07, 6.45) is 6.80. The van der Waals surface area contributed by atoms with Crippen molar-refractivity contribution in [2.24, 2.45) is 0 Å². The lowest BCUT2D eigenvalue weighted by Gasteiger charge is -2.34. The minimum atomic E-state index is 0.191. The fourth-order valence-corrected chi connectivity index (χ4v) is 5.68. The fraction of sp³-hybridized carbons (Fsp3) is 0.414. The number of aromatic nitrogens is 4. The first-order chi connectivity index (χ1) is 18.7. The third kappa shape index (κ3) is 5.04. The molecule has 0 atom stereocenters. The summed E-state index contributed by atoms with van der Waals surface area (Å²) >= 11 is 0. The number of benzene rings is 2. The van der Waals surface area contributed by atoms with Crippen LogP contribution in [0.3, 0.4) is 0 Å². The minimum Gasteiger partial charge on any atom is -0.398 e. The van der Waals surface area contributed by atoms with Crippen molar-refractivity contribution in [3.63, 3.8) is 0 Å². The summed E-state index contributed by atoms with van der Waals surface area (Å²) in [5.74, 6) is 1.52. The Balaban J connectivity index is 1.26. The number of hydrogen-bond acceptors (Lipinski definition) is 8. The number of β-amino-alcohol motifs (C(OH)–C–C–N with tert-alkyl or cyclic N) is 1. The molecule has 9 nitrogen and oxygen atoms in total. The lowest BCUT2D eigenvalue weighted by Crippen LogP contribution is -2.47. The molecule has 2 fully saturated rings. The van der Waals surface area contributed by atoms with Gasteiger partial charge in [0, 0.05) is 56.6 Å². The van der Waals surface area contributed by atoms with Crippen molar-refractivity contribution in [1.82, 2.24) is 24.4 Å². The van der Waals surface area contributed by atoms with Crippen molar-refractivity contribution >= 4 is 28.6 Å². The highest BCUT2D eigenvalue weighted by Crippen LogP contribution is 2.33. The summed E-state index contributed by atoms with van der Waals surface area (Å²) < 4.78 is 2.26. The quantitative estimate of drug-likeness (QED) is 0.305. The van der Waals surface area contributed by atoms with Gasteiger partial charge in [-0.2, -0.15) is 9.97 Å². The third-order valence-electron chi connectivity index (χ3n) is 7.88. The van der Waals surface area contributed by atoms with Gasteiger partial charge in [0.15, 0.2) is 17.0 Å². The maximum absolute atomic E-state index is 9.30. The van der Waals surface area contributed by atoms with E-state index in [1.54, 1.807) is 0 Å². The Hall–Kier alpha value is -3.69. The Morgan fingerprint density at radius 1 is 0.947 bits per heavy atom. The monoisotopic (exact) mass is 512 g/mol. The van der Waals surface area contributed by atoms with E-state index in [0.717, 1.165) is 71.5 Å². The second kappa shape index (κ2) is 11.0. The minimum absolute atomic E-state index is 0.191. The van der Waals surface area contributed by atoms with Crippen LogP contribution in [0.5, 0.6) is 0 Å². The van der Waals surface area contributed by atoms with Crippen LogP contribution in [0.25, 0.3) is 22.3 Å². The number of aliphatic hydroxyl groups excluding tert-OH is 1. The molecule has 0 amide bonds. The standard InChI is InChI=1S/C29H36N8O/c30-25-8-4-3-7-24(25)22-11-9-21(10-12-22)19-31-27-26-28(37(20-32-26)23-5-1-2-6-23)34-29(33-27)36-15-13-35(14-16-36)17-18-38/h3-4,7-12,20,23,38H,1-2,5-6,13-19,30H2,(H,31,33,34). The largest absolute Gasteiger partial charge is 0.398 e. The van der Waals surface area contributed by atoms with Crippen molar-refractivity contribution in [1.29, 1.82) is 0 Å². The van der Waals surface area contributed by atoms with E-state index in [0.29, 0.717) is 19.1 Å². The van der Waals surface area contributed by atoms with E-state index < -0.39 is 0 Å². The zero-order chi connectivity index (χ0) is 25.9. The van der Waals surface area contributed by atoms with E-state index in [9.17, 15) is 5.11 Å². The zero-order valence-corrected chi connectivity index (χ0v) is 21.8. The molecule has 2 aromatic carbocycles. The van der Waals surface area contributed by atoms with Gasteiger partial charge in [-0.05, 0) is 30.0 Å². The van der Waals surface area contributed by atoms with E-state index in [4.69, 9.17) is 20.7 Å². The van der Waals surface area contributed by atoms with E-state index in [2.05, 4.69) is 43.9 Å². The first-order valence-electron chi connectivity index (χ1n) is 13.7. The van der Waals surface area contributed by atoms with Gasteiger partial charge in [0.25, 0.3) is 0 Å². The molecule has 6 rings (SSSR count). The van der Waals surface area contributed by atoms with Crippen LogP contribution < -0.4 is 16.0 Å². The molecule has 0 unspecified atom stereocenters. The Kier molecular flexibility index (Phi) is 7.11. The number of nitrogens with zero attached hydrogens (tertiary/aromatic N) is 6. The second-order valence-electron chi connectivity index (χ2n) is 10.3. The number of nitrogens with one attached hydrogen (secondary N) is 1. The highest BCUT2D eigenvalue weighted by atomic mass is 16.3. The smallest absolute Gasteiger partial charge is 0.229 e. The summed E-state index contributed by atoms with van der Waals surface area (Å²) in [6, 6.07) is 16.9. The van der Waals surface area contributed by atoms with Crippen molar-refractivity contribution in [2.75, 3.05) is 55.3 Å².